The summed E-state index contributed by atoms with van der Waals surface area (Å²) < 4.78 is 2.46. The highest BCUT2D eigenvalue weighted by atomic mass is 79.9. The van der Waals surface area contributed by atoms with Crippen molar-refractivity contribution < 1.29 is 0 Å². The Morgan fingerprint density at radius 3 is 2.00 bits per heavy atom. The van der Waals surface area contributed by atoms with E-state index in [4.69, 9.17) is 34.8 Å². The number of rotatable bonds is 3. The van der Waals surface area contributed by atoms with Crippen LogP contribution in [-0.2, 0) is 0 Å². The van der Waals surface area contributed by atoms with Crippen LogP contribution in [-0.4, -0.2) is 0 Å². The molecule has 0 N–H and O–H groups in total. The molecule has 0 atom stereocenters. The van der Waals surface area contributed by atoms with E-state index in [0.29, 0.717) is 4.48 Å². The lowest BCUT2D eigenvalue weighted by Gasteiger charge is -2.04. The molecule has 17 heavy (non-hydrogen) atoms. The summed E-state index contributed by atoms with van der Waals surface area (Å²) in [7, 11) is 0. The normalized spacial score (nSPS) is 12.1. The molecular weight excluding hydrogens is 498 g/mol. The molecule has 0 fully saturated rings. The van der Waals surface area contributed by atoms with Crippen molar-refractivity contribution in [3.8, 4) is 0 Å². The fourth-order valence-corrected chi connectivity index (χ4v) is 3.64. The molecule has 0 saturated carbocycles. The molecule has 0 unspecified atom stereocenters. The predicted molar refractivity (Wildman–Crippen MR) is 89.5 cm³/mol. The molecular formula is C10H4Br3Cl3S. The molecule has 0 aliphatic rings. The van der Waals surface area contributed by atoms with Crippen LogP contribution in [0, 0.1) is 0 Å². The van der Waals surface area contributed by atoms with Crippen molar-refractivity contribution in [2.75, 3.05) is 0 Å². The molecule has 0 aromatic heterocycles. The summed E-state index contributed by atoms with van der Waals surface area (Å²) in [6.07, 6.45) is 0. The van der Waals surface area contributed by atoms with Crippen molar-refractivity contribution >= 4 is 94.4 Å². The second-order valence-electron chi connectivity index (χ2n) is 2.72. The number of benzene rings is 1. The molecule has 0 bridgehead atoms. The summed E-state index contributed by atoms with van der Waals surface area (Å²) in [6, 6.07) is 7.89. The molecule has 0 amide bonds. The van der Waals surface area contributed by atoms with E-state index in [0.717, 1.165) is 13.2 Å². The van der Waals surface area contributed by atoms with Gasteiger partial charge in [-0.25, -0.2) is 0 Å². The summed E-state index contributed by atoms with van der Waals surface area (Å²) in [6.45, 7) is 0. The van der Waals surface area contributed by atoms with Gasteiger partial charge in [-0.05, 0) is 56.1 Å². The highest BCUT2D eigenvalue weighted by Crippen LogP contribution is 2.41. The van der Waals surface area contributed by atoms with Crippen LogP contribution >= 0.6 is 94.4 Å². The molecule has 92 valence electrons. The van der Waals surface area contributed by atoms with E-state index in [2.05, 4.69) is 47.8 Å². The zero-order valence-electron chi connectivity index (χ0n) is 7.99. The van der Waals surface area contributed by atoms with E-state index < -0.39 is 0 Å². The minimum atomic E-state index is 0.0203. The van der Waals surface area contributed by atoms with E-state index in [1.165, 1.54) is 11.8 Å². The third-order valence-corrected chi connectivity index (χ3v) is 6.62. The Labute approximate surface area is 144 Å². The van der Waals surface area contributed by atoms with Gasteiger partial charge >= 0.3 is 0 Å². The Balaban J connectivity index is 2.92. The summed E-state index contributed by atoms with van der Waals surface area (Å²) in [4.78, 5) is 1.06. The largest absolute Gasteiger partial charge is 0.126 e. The first kappa shape index (κ1) is 16.4. The van der Waals surface area contributed by atoms with Crippen molar-refractivity contribution in [1.82, 2.24) is 0 Å². The molecule has 1 rings (SSSR count). The van der Waals surface area contributed by atoms with Crippen LogP contribution in [0.4, 0.5) is 0 Å². The van der Waals surface area contributed by atoms with Gasteiger partial charge in [0, 0.05) is 9.37 Å². The van der Waals surface area contributed by atoms with Crippen molar-refractivity contribution in [2.45, 2.75) is 4.90 Å². The van der Waals surface area contributed by atoms with E-state index in [-0.39, 0.29) is 9.52 Å². The summed E-state index contributed by atoms with van der Waals surface area (Å²) in [5.74, 6) is 0. The van der Waals surface area contributed by atoms with Crippen LogP contribution in [0.1, 0.15) is 0 Å². The van der Waals surface area contributed by atoms with Gasteiger partial charge in [0.15, 0.2) is 0 Å². The lowest BCUT2D eigenvalue weighted by Crippen LogP contribution is -1.77. The first-order valence-corrected chi connectivity index (χ1v) is 8.44. The van der Waals surface area contributed by atoms with Gasteiger partial charge in [0.1, 0.15) is 4.49 Å². The minimum absolute atomic E-state index is 0.0203. The maximum atomic E-state index is 5.91. The van der Waals surface area contributed by atoms with Crippen LogP contribution < -0.4 is 0 Å². The maximum Gasteiger partial charge on any atom is 0.126 e. The SMILES string of the molecule is ClC(Cl)=C(Cl)/C(Br)=C(\Br)Sc1ccc(Br)cc1. The van der Waals surface area contributed by atoms with Gasteiger partial charge in [-0.1, -0.05) is 62.5 Å². The fourth-order valence-electron chi connectivity index (χ4n) is 0.820. The highest BCUT2D eigenvalue weighted by molar-refractivity contribution is 9.15. The molecule has 0 heterocycles. The number of halogens is 6. The first-order chi connectivity index (χ1) is 7.91. The summed E-state index contributed by atoms with van der Waals surface area (Å²) in [5.41, 5.74) is 0. The highest BCUT2D eigenvalue weighted by Gasteiger charge is 2.10. The standard InChI is InChI=1S/C10H4Br3Cl3S/c11-5-1-3-6(4-2-5)17-9(13)7(12)8(14)10(15)16/h1-4H/b9-7-. The van der Waals surface area contributed by atoms with Crippen LogP contribution in [0.2, 0.25) is 0 Å². The molecule has 7 heteroatoms. The predicted octanol–water partition coefficient (Wildman–Crippen LogP) is 7.39. The molecule has 0 aliphatic carbocycles. The van der Waals surface area contributed by atoms with Gasteiger partial charge in [0.2, 0.25) is 0 Å². The molecule has 0 aliphatic heterocycles. The fraction of sp³-hybridized carbons (Fsp3) is 0. The first-order valence-electron chi connectivity index (χ1n) is 4.11. The van der Waals surface area contributed by atoms with E-state index in [1.54, 1.807) is 0 Å². The Morgan fingerprint density at radius 1 is 1.00 bits per heavy atom. The third kappa shape index (κ3) is 5.47. The smallest absolute Gasteiger partial charge is 0.0812 e. The van der Waals surface area contributed by atoms with Crippen molar-refractivity contribution in [3.05, 3.63) is 46.6 Å². The van der Waals surface area contributed by atoms with Crippen molar-refractivity contribution in [3.63, 3.8) is 0 Å². The van der Waals surface area contributed by atoms with Gasteiger partial charge in [-0.15, -0.1) is 0 Å². The quantitative estimate of drug-likeness (QED) is 0.307. The van der Waals surface area contributed by atoms with Gasteiger partial charge in [0.05, 0.1) is 13.3 Å². The lowest BCUT2D eigenvalue weighted by atomic mass is 10.4. The third-order valence-electron chi connectivity index (χ3n) is 1.55. The average molecular weight is 502 g/mol. The maximum absolute atomic E-state index is 5.91. The van der Waals surface area contributed by atoms with Crippen molar-refractivity contribution in [2.24, 2.45) is 0 Å². The summed E-state index contributed by atoms with van der Waals surface area (Å²) >= 11 is 28.7. The minimum Gasteiger partial charge on any atom is -0.0812 e. The zero-order chi connectivity index (χ0) is 13.0. The van der Waals surface area contributed by atoms with Gasteiger partial charge in [0.25, 0.3) is 0 Å². The van der Waals surface area contributed by atoms with Crippen molar-refractivity contribution in [1.29, 1.82) is 0 Å². The van der Waals surface area contributed by atoms with E-state index in [1.807, 2.05) is 24.3 Å². The molecule has 0 nitrogen and oxygen atoms in total. The van der Waals surface area contributed by atoms with E-state index >= 15 is 0 Å². The number of hydrogen-bond acceptors (Lipinski definition) is 1. The number of hydrogen-bond donors (Lipinski definition) is 0. The van der Waals surface area contributed by atoms with E-state index in [9.17, 15) is 0 Å². The van der Waals surface area contributed by atoms with Gasteiger partial charge < -0.3 is 0 Å². The van der Waals surface area contributed by atoms with Gasteiger partial charge in [-0.3, -0.25) is 0 Å². The molecule has 0 spiro atoms. The Hall–Kier alpha value is 1.36. The molecule has 0 radical (unpaired) electrons. The monoisotopic (exact) mass is 498 g/mol. The zero-order valence-corrected chi connectivity index (χ0v) is 15.8. The molecule has 1 aromatic rings. The topological polar surface area (TPSA) is 0 Å². The second-order valence-corrected chi connectivity index (χ2v) is 8.16. The molecule has 0 saturated heterocycles. The van der Waals surface area contributed by atoms with Crippen LogP contribution in [0.25, 0.3) is 0 Å². The Bertz CT molecular complexity index is 464. The van der Waals surface area contributed by atoms with Crippen LogP contribution in [0.15, 0.2) is 51.5 Å². The molecule has 1 aromatic carbocycles. The lowest BCUT2D eigenvalue weighted by molar-refractivity contribution is 1.45. The number of allylic oxidation sites excluding steroid dienone is 2. The van der Waals surface area contributed by atoms with Crippen LogP contribution in [0.5, 0.6) is 0 Å². The Kier molecular flexibility index (Phi) is 7.56. The van der Waals surface area contributed by atoms with Crippen LogP contribution in [0.3, 0.4) is 0 Å². The number of thioether (sulfide) groups is 1. The second kappa shape index (κ2) is 7.83. The average Bonchev–Trinajstić information content (AvgIpc) is 2.30. The Morgan fingerprint density at radius 2 is 1.53 bits per heavy atom. The summed E-state index contributed by atoms with van der Waals surface area (Å²) in [5, 5.41) is 0.268. The van der Waals surface area contributed by atoms with Gasteiger partial charge in [-0.2, -0.15) is 0 Å².